The Bertz CT molecular complexity index is 540. The minimum Gasteiger partial charge on any atom is -0.117 e. The van der Waals surface area contributed by atoms with Crippen LogP contribution in [0, 0.1) is 0 Å². The summed E-state index contributed by atoms with van der Waals surface area (Å²) in [6.07, 6.45) is 1.01. The fourth-order valence-electron chi connectivity index (χ4n) is 2.25. The number of benzene rings is 2. The summed E-state index contributed by atoms with van der Waals surface area (Å²) in [6, 6.07) is 16.6. The third-order valence-corrected chi connectivity index (χ3v) is 5.03. The molecule has 2 unspecified atom stereocenters. The topological polar surface area (TPSA) is 0 Å². The molecule has 0 radical (unpaired) electrons. The number of rotatable bonds is 4. The van der Waals surface area contributed by atoms with E-state index in [2.05, 4.69) is 69.1 Å². The van der Waals surface area contributed by atoms with Crippen LogP contribution in [0.3, 0.4) is 0 Å². The van der Waals surface area contributed by atoms with Gasteiger partial charge in [-0.05, 0) is 35.7 Å². The van der Waals surface area contributed by atoms with E-state index in [1.54, 1.807) is 0 Å². The molecule has 0 spiro atoms. The van der Waals surface area contributed by atoms with Crippen LogP contribution in [0.15, 0.2) is 57.5 Å². The fourth-order valence-corrected chi connectivity index (χ4v) is 3.76. The van der Waals surface area contributed by atoms with Gasteiger partial charge in [-0.3, -0.25) is 0 Å². The summed E-state index contributed by atoms with van der Waals surface area (Å²) in [6.45, 7) is 2.18. The van der Waals surface area contributed by atoms with Gasteiger partial charge in [-0.1, -0.05) is 69.1 Å². The Morgan fingerprint density at radius 1 is 1.05 bits per heavy atom. The normalized spacial score (nSPS) is 14.1. The Morgan fingerprint density at radius 2 is 1.74 bits per heavy atom. The highest BCUT2D eigenvalue weighted by molar-refractivity contribution is 9.11. The second-order valence-corrected chi connectivity index (χ2v) is 6.73. The molecule has 0 heterocycles. The monoisotopic (exact) mass is 400 g/mol. The molecule has 100 valence electrons. The first-order valence-corrected chi connectivity index (χ1v) is 8.29. The number of hydrogen-bond donors (Lipinski definition) is 0. The van der Waals surface area contributed by atoms with Gasteiger partial charge in [0, 0.05) is 14.9 Å². The second kappa shape index (κ2) is 6.92. The zero-order valence-corrected chi connectivity index (χ0v) is 14.5. The molecular formula is C16H15Br2Cl. The van der Waals surface area contributed by atoms with Crippen molar-refractivity contribution in [2.45, 2.75) is 24.6 Å². The van der Waals surface area contributed by atoms with Crippen LogP contribution in [0.25, 0.3) is 0 Å². The van der Waals surface area contributed by atoms with E-state index in [1.165, 1.54) is 5.56 Å². The first-order valence-electron chi connectivity index (χ1n) is 6.27. The van der Waals surface area contributed by atoms with Gasteiger partial charge in [-0.25, -0.2) is 0 Å². The molecule has 2 rings (SSSR count). The van der Waals surface area contributed by atoms with E-state index < -0.39 is 0 Å². The van der Waals surface area contributed by atoms with E-state index in [1.807, 2.05) is 18.2 Å². The average Bonchev–Trinajstić information content (AvgIpc) is 2.43. The van der Waals surface area contributed by atoms with Crippen molar-refractivity contribution in [2.75, 3.05) is 0 Å². The van der Waals surface area contributed by atoms with Crippen LogP contribution in [0.5, 0.6) is 0 Å². The molecule has 2 aromatic carbocycles. The minimum atomic E-state index is -0.0423. The maximum Gasteiger partial charge on any atom is 0.0665 e. The molecule has 0 fully saturated rings. The largest absolute Gasteiger partial charge is 0.117 e. The summed E-state index contributed by atoms with van der Waals surface area (Å²) in [5.41, 5.74) is 2.42. The molecule has 0 amide bonds. The Kier molecular flexibility index (Phi) is 5.49. The van der Waals surface area contributed by atoms with Crippen LogP contribution in [-0.2, 0) is 0 Å². The molecular weight excluding hydrogens is 387 g/mol. The molecule has 0 saturated heterocycles. The smallest absolute Gasteiger partial charge is 0.0665 e. The van der Waals surface area contributed by atoms with E-state index in [9.17, 15) is 0 Å². The van der Waals surface area contributed by atoms with Gasteiger partial charge in [-0.2, -0.15) is 0 Å². The Labute approximate surface area is 136 Å². The zero-order chi connectivity index (χ0) is 13.8. The maximum absolute atomic E-state index is 6.73. The van der Waals surface area contributed by atoms with Gasteiger partial charge >= 0.3 is 0 Å². The summed E-state index contributed by atoms with van der Waals surface area (Å²) in [5.74, 6) is 0.313. The lowest BCUT2D eigenvalue weighted by Gasteiger charge is -2.23. The lowest BCUT2D eigenvalue weighted by atomic mass is 9.89. The highest BCUT2D eigenvalue weighted by Gasteiger charge is 2.23. The highest BCUT2D eigenvalue weighted by atomic mass is 79.9. The van der Waals surface area contributed by atoms with Gasteiger partial charge in [-0.15, -0.1) is 11.6 Å². The Hall–Kier alpha value is -0.310. The van der Waals surface area contributed by atoms with E-state index in [0.717, 1.165) is 20.9 Å². The van der Waals surface area contributed by atoms with Crippen molar-refractivity contribution in [3.63, 3.8) is 0 Å². The van der Waals surface area contributed by atoms with Crippen molar-refractivity contribution < 1.29 is 0 Å². The van der Waals surface area contributed by atoms with Crippen molar-refractivity contribution in [3.05, 3.63) is 68.6 Å². The molecule has 3 heteroatoms. The molecule has 0 saturated carbocycles. The third kappa shape index (κ3) is 3.62. The summed E-state index contributed by atoms with van der Waals surface area (Å²) in [4.78, 5) is 0. The fraction of sp³-hybridized carbons (Fsp3) is 0.250. The highest BCUT2D eigenvalue weighted by Crippen LogP contribution is 2.42. The van der Waals surface area contributed by atoms with Crippen LogP contribution in [0.2, 0.25) is 0 Å². The number of hydrogen-bond acceptors (Lipinski definition) is 0. The van der Waals surface area contributed by atoms with Gasteiger partial charge in [0.25, 0.3) is 0 Å². The van der Waals surface area contributed by atoms with E-state index in [4.69, 9.17) is 11.6 Å². The van der Waals surface area contributed by atoms with E-state index >= 15 is 0 Å². The summed E-state index contributed by atoms with van der Waals surface area (Å²) in [7, 11) is 0. The lowest BCUT2D eigenvalue weighted by Crippen LogP contribution is -2.06. The van der Waals surface area contributed by atoms with E-state index in [-0.39, 0.29) is 5.38 Å². The lowest BCUT2D eigenvalue weighted by molar-refractivity contribution is 0.638. The standard InChI is InChI=1S/C16H15Br2Cl/c1-2-13(11-6-4-3-5-7-11)16(19)14-10-12(17)8-9-15(14)18/h3-10,13,16H,2H2,1H3. The summed E-state index contributed by atoms with van der Waals surface area (Å²) in [5, 5.41) is -0.0423. The first kappa shape index (κ1) is 15.1. The zero-order valence-electron chi connectivity index (χ0n) is 10.6. The molecule has 0 bridgehead atoms. The number of halogens is 3. The molecule has 19 heavy (non-hydrogen) atoms. The first-order chi connectivity index (χ1) is 9.13. The molecule has 2 aromatic rings. The molecule has 0 aliphatic heterocycles. The Morgan fingerprint density at radius 3 is 2.37 bits per heavy atom. The van der Waals surface area contributed by atoms with Crippen molar-refractivity contribution >= 4 is 43.5 Å². The minimum absolute atomic E-state index is 0.0423. The van der Waals surface area contributed by atoms with Crippen LogP contribution in [0.1, 0.15) is 35.8 Å². The van der Waals surface area contributed by atoms with Gasteiger partial charge in [0.1, 0.15) is 0 Å². The Balaban J connectivity index is 2.36. The summed E-state index contributed by atoms with van der Waals surface area (Å²) < 4.78 is 2.12. The van der Waals surface area contributed by atoms with E-state index in [0.29, 0.717) is 5.92 Å². The predicted octanol–water partition coefficient (Wildman–Crippen LogP) is 6.69. The van der Waals surface area contributed by atoms with Gasteiger partial charge in [0.05, 0.1) is 5.38 Å². The third-order valence-electron chi connectivity index (χ3n) is 3.28. The predicted molar refractivity (Wildman–Crippen MR) is 89.9 cm³/mol. The maximum atomic E-state index is 6.73. The molecule has 0 aromatic heterocycles. The molecule has 2 atom stereocenters. The SMILES string of the molecule is CCC(c1ccccc1)C(Cl)c1cc(Br)ccc1Br. The van der Waals surface area contributed by atoms with Crippen molar-refractivity contribution in [2.24, 2.45) is 0 Å². The van der Waals surface area contributed by atoms with Crippen LogP contribution < -0.4 is 0 Å². The molecule has 0 aliphatic carbocycles. The molecule has 0 N–H and O–H groups in total. The van der Waals surface area contributed by atoms with Gasteiger partial charge in [0.15, 0.2) is 0 Å². The summed E-state index contributed by atoms with van der Waals surface area (Å²) >= 11 is 13.8. The molecule has 0 nitrogen and oxygen atoms in total. The van der Waals surface area contributed by atoms with Crippen molar-refractivity contribution in [1.82, 2.24) is 0 Å². The van der Waals surface area contributed by atoms with Crippen molar-refractivity contribution in [3.8, 4) is 0 Å². The van der Waals surface area contributed by atoms with Crippen LogP contribution in [0.4, 0.5) is 0 Å². The second-order valence-electron chi connectivity index (χ2n) is 4.49. The van der Waals surface area contributed by atoms with Gasteiger partial charge in [0.2, 0.25) is 0 Å². The van der Waals surface area contributed by atoms with Crippen molar-refractivity contribution in [1.29, 1.82) is 0 Å². The quantitative estimate of drug-likeness (QED) is 0.500. The number of alkyl halides is 1. The van der Waals surface area contributed by atoms with Gasteiger partial charge < -0.3 is 0 Å². The van der Waals surface area contributed by atoms with Crippen LogP contribution in [-0.4, -0.2) is 0 Å². The molecule has 0 aliphatic rings. The average molecular weight is 403 g/mol. The van der Waals surface area contributed by atoms with Crippen LogP contribution >= 0.6 is 43.5 Å².